The number of aromatic nitrogens is 2. The van der Waals surface area contributed by atoms with Crippen LogP contribution in [0.4, 0.5) is 0 Å². The van der Waals surface area contributed by atoms with E-state index in [9.17, 15) is 13.2 Å². The maximum atomic E-state index is 12.6. The Morgan fingerprint density at radius 2 is 2.12 bits per heavy atom. The second-order valence-corrected chi connectivity index (χ2v) is 9.87. The number of amides is 1. The Bertz CT molecular complexity index is 953. The average Bonchev–Trinajstić information content (AvgIpc) is 3.14. The minimum Gasteiger partial charge on any atom is -0.491 e. The normalized spacial score (nSPS) is 16.8. The van der Waals surface area contributed by atoms with Gasteiger partial charge < -0.3 is 19.8 Å². The monoisotopic (exact) mass is 464 g/mol. The highest BCUT2D eigenvalue weighted by Gasteiger charge is 2.31. The molecule has 1 atom stereocenters. The molecule has 0 spiro atoms. The molecule has 142 valence electrons. The number of hydrogen-bond acceptors (Lipinski definition) is 8. The summed E-state index contributed by atoms with van der Waals surface area (Å²) < 4.78 is 39.6. The minimum atomic E-state index is -4.16. The summed E-state index contributed by atoms with van der Waals surface area (Å²) >= 11 is 4.11. The van der Waals surface area contributed by atoms with Crippen molar-refractivity contribution in [3.8, 4) is 11.5 Å². The lowest BCUT2D eigenvalue weighted by atomic mass is 10.1. The number of methoxy groups -OCH3 is 2. The van der Waals surface area contributed by atoms with Crippen molar-refractivity contribution in [3.63, 3.8) is 0 Å². The van der Waals surface area contributed by atoms with Crippen LogP contribution in [0.2, 0.25) is 0 Å². The molecule has 0 saturated heterocycles. The van der Waals surface area contributed by atoms with Gasteiger partial charge in [-0.05, 0) is 22.4 Å². The molecule has 0 bridgehead atoms. The number of aryl methyl sites for hydroxylation is 1. The van der Waals surface area contributed by atoms with E-state index in [1.807, 2.05) is 4.72 Å². The Labute approximate surface area is 162 Å². The Morgan fingerprint density at radius 1 is 1.42 bits per heavy atom. The van der Waals surface area contributed by atoms with Crippen LogP contribution in [-0.2, 0) is 23.0 Å². The molecule has 1 aliphatic rings. The van der Waals surface area contributed by atoms with Gasteiger partial charge in [-0.3, -0.25) is 4.79 Å². The van der Waals surface area contributed by atoms with Gasteiger partial charge in [0, 0.05) is 25.2 Å². The van der Waals surface area contributed by atoms with Crippen molar-refractivity contribution in [2.24, 2.45) is 5.73 Å². The third kappa shape index (κ3) is 3.46. The summed E-state index contributed by atoms with van der Waals surface area (Å²) in [6, 6.07) is -0.00320. The Balaban J connectivity index is 1.87. The highest BCUT2D eigenvalue weighted by molar-refractivity contribution is 9.11. The zero-order valence-electron chi connectivity index (χ0n) is 14.0. The number of fused-ring (bicyclic) bond motifs is 1. The molecule has 3 rings (SSSR count). The summed E-state index contributed by atoms with van der Waals surface area (Å²) in [5, 5.41) is 0. The molecule has 0 aromatic carbocycles. The van der Waals surface area contributed by atoms with E-state index >= 15 is 0 Å². The van der Waals surface area contributed by atoms with E-state index < -0.39 is 15.9 Å². The first-order chi connectivity index (χ1) is 12.3. The molecule has 3 heterocycles. The molecule has 2 aromatic heterocycles. The zero-order chi connectivity index (χ0) is 19.1. The second-order valence-electron chi connectivity index (χ2n) is 5.66. The third-order valence-corrected chi connectivity index (χ3v) is 7.51. The number of rotatable bonds is 5. The molecule has 1 aliphatic heterocycles. The second kappa shape index (κ2) is 7.18. The van der Waals surface area contributed by atoms with E-state index in [1.165, 1.54) is 20.4 Å². The maximum absolute atomic E-state index is 12.6. The number of imidazole rings is 1. The smallest absolute Gasteiger partial charge is 0.285 e. The fourth-order valence-corrected chi connectivity index (χ4v) is 6.21. The molecule has 0 fully saturated rings. The quantitative estimate of drug-likeness (QED) is 0.678. The first-order valence-corrected chi connectivity index (χ1v) is 10.6. The van der Waals surface area contributed by atoms with Gasteiger partial charge in [-0.1, -0.05) is 0 Å². The number of ether oxygens (including phenoxy) is 2. The van der Waals surface area contributed by atoms with Gasteiger partial charge in [-0.15, -0.1) is 11.3 Å². The number of nitrogens with two attached hydrogens (primary N) is 1. The summed E-state index contributed by atoms with van der Waals surface area (Å²) in [6.07, 6.45) is 2.93. The molecule has 2 aromatic rings. The number of thiophene rings is 1. The molecule has 9 nitrogen and oxygen atoms in total. The van der Waals surface area contributed by atoms with Gasteiger partial charge in [0.1, 0.15) is 15.3 Å². The van der Waals surface area contributed by atoms with E-state index in [2.05, 4.69) is 20.9 Å². The predicted octanol–water partition coefficient (Wildman–Crippen LogP) is 1.12. The van der Waals surface area contributed by atoms with Crippen molar-refractivity contribution >= 4 is 43.2 Å². The van der Waals surface area contributed by atoms with Crippen LogP contribution in [0.5, 0.6) is 11.5 Å². The maximum Gasteiger partial charge on any atom is 0.285 e. The summed E-state index contributed by atoms with van der Waals surface area (Å²) in [6.45, 7) is 0.547. The Kier molecular flexibility index (Phi) is 5.28. The first-order valence-electron chi connectivity index (χ1n) is 7.55. The number of hydrogen-bond donors (Lipinski definition) is 2. The summed E-state index contributed by atoms with van der Waals surface area (Å²) in [7, 11) is -1.45. The van der Waals surface area contributed by atoms with Crippen LogP contribution in [0.1, 0.15) is 22.7 Å². The van der Waals surface area contributed by atoms with Gasteiger partial charge >= 0.3 is 0 Å². The fraction of sp³-hybridized carbons (Fsp3) is 0.429. The average molecular weight is 465 g/mol. The summed E-state index contributed by atoms with van der Waals surface area (Å²) in [5.74, 6) is 0.176. The van der Waals surface area contributed by atoms with Crippen molar-refractivity contribution in [3.05, 3.63) is 21.5 Å². The van der Waals surface area contributed by atoms with E-state index in [0.717, 1.165) is 17.8 Å². The fourth-order valence-electron chi connectivity index (χ4n) is 2.68. The van der Waals surface area contributed by atoms with E-state index in [4.69, 9.17) is 15.2 Å². The lowest BCUT2D eigenvalue weighted by Gasteiger charge is -2.19. The molecule has 26 heavy (non-hydrogen) atoms. The minimum absolute atomic E-state index is 0.00320. The number of halogens is 1. The summed E-state index contributed by atoms with van der Waals surface area (Å²) in [5.41, 5.74) is 5.93. The van der Waals surface area contributed by atoms with Crippen molar-refractivity contribution in [2.45, 2.75) is 29.6 Å². The van der Waals surface area contributed by atoms with E-state index in [1.54, 1.807) is 4.57 Å². The van der Waals surface area contributed by atoms with Crippen LogP contribution in [-0.4, -0.2) is 44.1 Å². The number of nitrogens with zero attached hydrogens (tertiary/aromatic N) is 2. The van der Waals surface area contributed by atoms with Crippen molar-refractivity contribution in [2.75, 3.05) is 14.2 Å². The summed E-state index contributed by atoms with van der Waals surface area (Å²) in [4.78, 5) is 16.6. The lowest BCUT2D eigenvalue weighted by molar-refractivity contribution is 0.0977. The van der Waals surface area contributed by atoms with Gasteiger partial charge in [0.25, 0.3) is 15.9 Å². The van der Waals surface area contributed by atoms with Gasteiger partial charge in [0.05, 0.1) is 14.2 Å². The van der Waals surface area contributed by atoms with Crippen LogP contribution < -0.4 is 19.9 Å². The molecule has 12 heteroatoms. The Morgan fingerprint density at radius 3 is 2.77 bits per heavy atom. The topological polar surface area (TPSA) is 126 Å². The van der Waals surface area contributed by atoms with Crippen LogP contribution >= 0.6 is 27.3 Å². The molecule has 3 N–H and O–H groups in total. The SMILES string of the molecule is COc1c(Br)sc(S(=O)(=O)NC(=O)c2cn3c(n2)CCC(N)C3)c1OC. The molecule has 0 saturated carbocycles. The van der Waals surface area contributed by atoms with Gasteiger partial charge in [-0.25, -0.2) is 18.1 Å². The molecule has 1 amide bonds. The highest BCUT2D eigenvalue weighted by atomic mass is 79.9. The van der Waals surface area contributed by atoms with Crippen LogP contribution in [0.3, 0.4) is 0 Å². The standard InChI is InChI=1S/C14H17BrN4O5S2/c1-23-10-11(24-2)14(25-12(10)15)26(21,22)18-13(20)8-6-19-5-7(16)3-4-9(19)17-8/h6-7H,3-5,16H2,1-2H3,(H,18,20). The van der Waals surface area contributed by atoms with Crippen LogP contribution in [0.25, 0.3) is 0 Å². The highest BCUT2D eigenvalue weighted by Crippen LogP contribution is 2.47. The number of nitrogens with one attached hydrogen (secondary N) is 1. The Hall–Kier alpha value is -1.63. The third-order valence-electron chi connectivity index (χ3n) is 3.89. The van der Waals surface area contributed by atoms with Crippen LogP contribution in [0, 0.1) is 0 Å². The van der Waals surface area contributed by atoms with Gasteiger partial charge in [-0.2, -0.15) is 0 Å². The predicted molar refractivity (Wildman–Crippen MR) is 98.3 cm³/mol. The largest absolute Gasteiger partial charge is 0.491 e. The lowest BCUT2D eigenvalue weighted by Crippen LogP contribution is -2.31. The number of carbonyl (C=O) groups excluding carboxylic acids is 1. The number of sulfonamides is 1. The number of carbonyl (C=O) groups is 1. The molecule has 1 unspecified atom stereocenters. The van der Waals surface area contributed by atoms with Gasteiger partial charge in [0.2, 0.25) is 0 Å². The molecular formula is C14H17BrN4O5S2. The van der Waals surface area contributed by atoms with Gasteiger partial charge in [0.15, 0.2) is 15.7 Å². The van der Waals surface area contributed by atoms with Crippen molar-refractivity contribution in [1.29, 1.82) is 0 Å². The first kappa shape index (κ1) is 19.1. The van der Waals surface area contributed by atoms with Crippen LogP contribution in [0.15, 0.2) is 14.2 Å². The van der Waals surface area contributed by atoms with Crippen molar-refractivity contribution in [1.82, 2.24) is 14.3 Å². The molecular weight excluding hydrogens is 448 g/mol. The molecule has 0 aliphatic carbocycles. The zero-order valence-corrected chi connectivity index (χ0v) is 17.2. The molecule has 0 radical (unpaired) electrons. The van der Waals surface area contributed by atoms with E-state index in [-0.39, 0.29) is 27.4 Å². The van der Waals surface area contributed by atoms with E-state index in [0.29, 0.717) is 22.6 Å². The van der Waals surface area contributed by atoms with Crippen molar-refractivity contribution < 1.29 is 22.7 Å².